The van der Waals surface area contributed by atoms with Gasteiger partial charge in [-0.3, -0.25) is 4.79 Å². The van der Waals surface area contributed by atoms with Crippen molar-refractivity contribution in [3.05, 3.63) is 69.1 Å². The Bertz CT molecular complexity index is 1020. The van der Waals surface area contributed by atoms with Gasteiger partial charge in [-0.2, -0.15) is 5.10 Å². The molecule has 0 aliphatic heterocycles. The monoisotopic (exact) mass is 356 g/mol. The second kappa shape index (κ2) is 6.69. The van der Waals surface area contributed by atoms with Gasteiger partial charge in [0.2, 0.25) is 0 Å². The third kappa shape index (κ3) is 3.28. The van der Waals surface area contributed by atoms with Gasteiger partial charge in [-0.05, 0) is 50.6 Å². The summed E-state index contributed by atoms with van der Waals surface area (Å²) in [7, 11) is 0. The van der Waals surface area contributed by atoms with Gasteiger partial charge in [0.1, 0.15) is 5.75 Å². The van der Waals surface area contributed by atoms with E-state index in [1.54, 1.807) is 49.4 Å². The minimum absolute atomic E-state index is 0.109. The normalized spacial score (nSPS) is 11.1. The molecule has 1 heterocycles. The first-order valence-corrected chi connectivity index (χ1v) is 8.26. The van der Waals surface area contributed by atoms with Crippen LogP contribution in [0.1, 0.15) is 35.9 Å². The third-order valence-corrected chi connectivity index (χ3v) is 4.09. The average molecular weight is 357 g/mol. The molecule has 3 rings (SSSR count). The molecule has 2 aromatic carbocycles. The fourth-order valence-corrected chi connectivity index (χ4v) is 2.81. The van der Waals surface area contributed by atoms with Crippen molar-refractivity contribution in [3.8, 4) is 5.75 Å². The fourth-order valence-electron chi connectivity index (χ4n) is 2.58. The summed E-state index contributed by atoms with van der Waals surface area (Å²) < 4.78 is 6.79. The number of aryl methyl sites for hydroxylation is 1. The summed E-state index contributed by atoms with van der Waals surface area (Å²) in [6.45, 7) is 5.47. The van der Waals surface area contributed by atoms with E-state index in [1.165, 1.54) is 4.68 Å². The van der Waals surface area contributed by atoms with Crippen LogP contribution in [0, 0.1) is 6.92 Å². The predicted octanol–water partition coefficient (Wildman–Crippen LogP) is 4.16. The molecule has 5 nitrogen and oxygen atoms in total. The summed E-state index contributed by atoms with van der Waals surface area (Å²) in [5.41, 5.74) is 0.616. The quantitative estimate of drug-likeness (QED) is 0.522. The molecule has 3 aromatic rings. The first kappa shape index (κ1) is 17.2. The molecule has 0 aliphatic rings. The van der Waals surface area contributed by atoms with Gasteiger partial charge in [0.25, 0.3) is 5.56 Å². The van der Waals surface area contributed by atoms with Crippen molar-refractivity contribution in [2.75, 3.05) is 0 Å². The number of aromatic nitrogens is 2. The largest absolute Gasteiger partial charge is 0.421 e. The maximum absolute atomic E-state index is 12.7. The van der Waals surface area contributed by atoms with E-state index >= 15 is 0 Å². The van der Waals surface area contributed by atoms with Gasteiger partial charge in [0.15, 0.2) is 5.69 Å². The zero-order chi connectivity index (χ0) is 18.1. The van der Waals surface area contributed by atoms with Gasteiger partial charge in [-0.25, -0.2) is 9.48 Å². The number of benzene rings is 2. The van der Waals surface area contributed by atoms with Crippen molar-refractivity contribution < 1.29 is 9.53 Å². The number of esters is 1. The lowest BCUT2D eigenvalue weighted by Crippen LogP contribution is -2.28. The lowest BCUT2D eigenvalue weighted by Gasteiger charge is -2.13. The maximum Gasteiger partial charge on any atom is 0.364 e. The van der Waals surface area contributed by atoms with Gasteiger partial charge < -0.3 is 4.74 Å². The number of rotatable bonds is 3. The zero-order valence-electron chi connectivity index (χ0n) is 14.1. The summed E-state index contributed by atoms with van der Waals surface area (Å²) in [6.07, 6.45) is 0. The molecule has 0 atom stereocenters. The number of carbonyl (C=O) groups excluding carboxylic acids is 1. The minimum atomic E-state index is -0.615. The van der Waals surface area contributed by atoms with Crippen LogP contribution in [0.2, 0.25) is 5.02 Å². The average Bonchev–Trinajstić information content (AvgIpc) is 2.57. The van der Waals surface area contributed by atoms with Gasteiger partial charge in [0.05, 0.1) is 11.4 Å². The molecule has 25 heavy (non-hydrogen) atoms. The molecular formula is C19H17ClN2O3. The van der Waals surface area contributed by atoms with Crippen LogP contribution >= 0.6 is 11.6 Å². The zero-order valence-corrected chi connectivity index (χ0v) is 14.9. The molecule has 128 valence electrons. The Morgan fingerprint density at radius 3 is 2.48 bits per heavy atom. The Morgan fingerprint density at radius 1 is 1.16 bits per heavy atom. The smallest absolute Gasteiger partial charge is 0.364 e. The number of halogens is 1. The van der Waals surface area contributed by atoms with Crippen molar-refractivity contribution in [2.45, 2.75) is 26.8 Å². The van der Waals surface area contributed by atoms with Crippen LogP contribution in [0.5, 0.6) is 5.75 Å². The molecule has 0 fully saturated rings. The lowest BCUT2D eigenvalue weighted by molar-refractivity contribution is 0.0726. The molecule has 0 saturated carbocycles. The van der Waals surface area contributed by atoms with Crippen molar-refractivity contribution in [1.29, 1.82) is 0 Å². The Morgan fingerprint density at radius 2 is 1.84 bits per heavy atom. The van der Waals surface area contributed by atoms with E-state index in [0.29, 0.717) is 21.5 Å². The van der Waals surface area contributed by atoms with E-state index in [2.05, 4.69) is 5.10 Å². The number of hydrogen-bond donors (Lipinski definition) is 0. The Kier molecular flexibility index (Phi) is 4.59. The molecule has 0 bridgehead atoms. The second-order valence-electron chi connectivity index (χ2n) is 6.04. The van der Waals surface area contributed by atoms with Crippen LogP contribution in [0.15, 0.2) is 47.3 Å². The van der Waals surface area contributed by atoms with Crippen molar-refractivity contribution in [2.24, 2.45) is 0 Å². The van der Waals surface area contributed by atoms with Crippen LogP contribution in [-0.4, -0.2) is 15.7 Å². The highest BCUT2D eigenvalue weighted by molar-refractivity contribution is 6.30. The van der Waals surface area contributed by atoms with E-state index in [1.807, 2.05) is 13.8 Å². The summed E-state index contributed by atoms with van der Waals surface area (Å²) in [5, 5.41) is 5.72. The molecule has 0 N–H and O–H groups in total. The van der Waals surface area contributed by atoms with Crippen LogP contribution in [0.4, 0.5) is 0 Å². The number of nitrogens with zero attached hydrogens (tertiary/aromatic N) is 2. The van der Waals surface area contributed by atoms with Gasteiger partial charge in [-0.1, -0.05) is 29.8 Å². The molecule has 6 heteroatoms. The molecule has 0 saturated heterocycles. The SMILES string of the molecule is Cc1cc(Cl)ccc1OC(=O)c1nn(C(C)C)c(=O)c2ccccc12. The highest BCUT2D eigenvalue weighted by Gasteiger charge is 2.20. The van der Waals surface area contributed by atoms with Gasteiger partial charge in [0, 0.05) is 10.4 Å². The summed E-state index contributed by atoms with van der Waals surface area (Å²) >= 11 is 5.93. The van der Waals surface area contributed by atoms with Crippen LogP contribution in [0.25, 0.3) is 10.8 Å². The Balaban J connectivity index is 2.12. The highest BCUT2D eigenvalue weighted by atomic mass is 35.5. The summed E-state index contributed by atoms with van der Waals surface area (Å²) in [5.74, 6) is -0.210. The molecule has 0 aliphatic carbocycles. The van der Waals surface area contributed by atoms with E-state index in [0.717, 1.165) is 5.56 Å². The molecule has 1 aromatic heterocycles. The van der Waals surface area contributed by atoms with E-state index in [9.17, 15) is 9.59 Å². The van der Waals surface area contributed by atoms with E-state index in [-0.39, 0.29) is 17.3 Å². The molecular weight excluding hydrogens is 340 g/mol. The molecule has 0 amide bonds. The van der Waals surface area contributed by atoms with Crippen LogP contribution < -0.4 is 10.3 Å². The van der Waals surface area contributed by atoms with Crippen LogP contribution in [0.3, 0.4) is 0 Å². The van der Waals surface area contributed by atoms with E-state index in [4.69, 9.17) is 16.3 Å². The van der Waals surface area contributed by atoms with Crippen molar-refractivity contribution in [3.63, 3.8) is 0 Å². The standard InChI is InChI=1S/C19H17ClN2O3/c1-11(2)22-18(23)15-7-5-4-6-14(15)17(21-22)19(24)25-16-9-8-13(20)10-12(16)3/h4-11H,1-3H3. The first-order chi connectivity index (χ1) is 11.9. The number of ether oxygens (including phenoxy) is 1. The topological polar surface area (TPSA) is 61.2 Å². The third-order valence-electron chi connectivity index (χ3n) is 3.85. The van der Waals surface area contributed by atoms with Crippen molar-refractivity contribution >= 4 is 28.3 Å². The molecule has 0 spiro atoms. The summed E-state index contributed by atoms with van der Waals surface area (Å²) in [6, 6.07) is 11.7. The van der Waals surface area contributed by atoms with Gasteiger partial charge >= 0.3 is 5.97 Å². The second-order valence-corrected chi connectivity index (χ2v) is 6.47. The number of fused-ring (bicyclic) bond motifs is 1. The van der Waals surface area contributed by atoms with Crippen LogP contribution in [-0.2, 0) is 0 Å². The minimum Gasteiger partial charge on any atom is -0.421 e. The number of carbonyl (C=O) groups is 1. The predicted molar refractivity (Wildman–Crippen MR) is 97.5 cm³/mol. The maximum atomic E-state index is 12.7. The number of hydrogen-bond acceptors (Lipinski definition) is 4. The molecule has 0 radical (unpaired) electrons. The van der Waals surface area contributed by atoms with E-state index < -0.39 is 5.97 Å². The first-order valence-electron chi connectivity index (χ1n) is 7.88. The fraction of sp³-hybridized carbons (Fsp3) is 0.211. The van der Waals surface area contributed by atoms with Crippen molar-refractivity contribution in [1.82, 2.24) is 9.78 Å². The molecule has 0 unspecified atom stereocenters. The summed E-state index contributed by atoms with van der Waals surface area (Å²) in [4.78, 5) is 25.2. The lowest BCUT2D eigenvalue weighted by atomic mass is 10.1. The Hall–Kier alpha value is -2.66. The Labute approximate surface area is 149 Å². The highest BCUT2D eigenvalue weighted by Crippen LogP contribution is 2.24. The van der Waals surface area contributed by atoms with Gasteiger partial charge in [-0.15, -0.1) is 0 Å².